The quantitative estimate of drug-likeness (QED) is 0.735. The molecule has 1 amide bonds. The fourth-order valence-electron chi connectivity index (χ4n) is 3.60. The molecule has 2 aromatic carbocycles. The van der Waals surface area contributed by atoms with E-state index in [1.165, 1.54) is 18.4 Å². The van der Waals surface area contributed by atoms with Crippen molar-refractivity contribution in [2.75, 3.05) is 26.7 Å². The summed E-state index contributed by atoms with van der Waals surface area (Å²) in [6.45, 7) is 3.69. The van der Waals surface area contributed by atoms with Crippen LogP contribution < -0.4 is 5.73 Å². The van der Waals surface area contributed by atoms with E-state index in [9.17, 15) is 4.79 Å². The number of amides is 1. The Bertz CT molecular complexity index is 703. The summed E-state index contributed by atoms with van der Waals surface area (Å²) < 4.78 is 0. The second-order valence-electron chi connectivity index (χ2n) is 7.14. The first-order valence-corrected chi connectivity index (χ1v) is 9.48. The molecule has 1 heterocycles. The number of nitrogens with zero attached hydrogens (tertiary/aromatic N) is 2. The number of carbonyl (C=O) groups is 1. The molecule has 2 N–H and O–H groups in total. The summed E-state index contributed by atoms with van der Waals surface area (Å²) in [5, 5.41) is 0. The van der Waals surface area contributed by atoms with Crippen molar-refractivity contribution in [1.82, 2.24) is 9.80 Å². The third-order valence-electron chi connectivity index (χ3n) is 5.29. The van der Waals surface area contributed by atoms with E-state index >= 15 is 0 Å². The molecule has 3 rings (SSSR count). The maximum absolute atomic E-state index is 12.9. The fraction of sp³-hybridized carbons (Fsp3) is 0.409. The Morgan fingerprint density at radius 1 is 1.00 bits per heavy atom. The van der Waals surface area contributed by atoms with Crippen LogP contribution in [0, 0.1) is 0 Å². The second-order valence-corrected chi connectivity index (χ2v) is 7.14. The number of likely N-dealkylation sites (tertiary alicyclic amines) is 1. The maximum atomic E-state index is 12.9. The number of likely N-dealkylation sites (N-methyl/N-ethyl adjacent to an activating group) is 1. The number of nitrogens with two attached hydrogens (primary N) is 1. The predicted molar refractivity (Wildman–Crippen MR) is 120 cm³/mol. The molecular weight excluding hydrogens is 393 g/mol. The zero-order valence-electron chi connectivity index (χ0n) is 16.4. The highest BCUT2D eigenvalue weighted by molar-refractivity contribution is 5.85. The first kappa shape index (κ1) is 24.4. The van der Waals surface area contributed by atoms with Crippen LogP contribution in [0.4, 0.5) is 0 Å². The highest BCUT2D eigenvalue weighted by Crippen LogP contribution is 2.23. The Morgan fingerprint density at radius 3 is 2.14 bits per heavy atom. The van der Waals surface area contributed by atoms with Gasteiger partial charge in [0.2, 0.25) is 5.91 Å². The number of benzene rings is 2. The summed E-state index contributed by atoms with van der Waals surface area (Å²) in [5.41, 5.74) is 8.98. The molecule has 4 nitrogen and oxygen atoms in total. The Morgan fingerprint density at radius 2 is 1.57 bits per heavy atom. The standard InChI is InChI=1S/C22H29N3O.2ClH/c1-24(22(26)15-18-9-11-19(16-23)12-10-18)21(17-25-13-5-6-14-25)20-7-3-2-4-8-20;;/h2-4,7-12,21H,5-6,13-17,23H2,1H3;2*1H. The molecule has 1 atom stereocenters. The van der Waals surface area contributed by atoms with Crippen LogP contribution >= 0.6 is 24.8 Å². The molecule has 1 fully saturated rings. The molecule has 1 saturated heterocycles. The normalized spacial score (nSPS) is 14.6. The topological polar surface area (TPSA) is 49.6 Å². The van der Waals surface area contributed by atoms with Gasteiger partial charge in [0.15, 0.2) is 0 Å². The van der Waals surface area contributed by atoms with Crippen LogP contribution in [0.2, 0.25) is 0 Å². The van der Waals surface area contributed by atoms with Gasteiger partial charge in [0, 0.05) is 20.1 Å². The zero-order chi connectivity index (χ0) is 18.4. The molecule has 154 valence electrons. The van der Waals surface area contributed by atoms with E-state index in [2.05, 4.69) is 29.2 Å². The molecule has 0 aliphatic carbocycles. The first-order valence-electron chi connectivity index (χ1n) is 9.48. The predicted octanol–water partition coefficient (Wildman–Crippen LogP) is 3.83. The number of rotatable bonds is 7. The highest BCUT2D eigenvalue weighted by Gasteiger charge is 2.25. The first-order chi connectivity index (χ1) is 12.7. The van der Waals surface area contributed by atoms with E-state index in [1.807, 2.05) is 42.3 Å². The van der Waals surface area contributed by atoms with E-state index in [0.717, 1.165) is 30.8 Å². The Labute approximate surface area is 180 Å². The van der Waals surface area contributed by atoms with Crippen LogP contribution in [-0.4, -0.2) is 42.4 Å². The molecule has 0 saturated carbocycles. The van der Waals surface area contributed by atoms with Gasteiger partial charge in [0.05, 0.1) is 12.5 Å². The van der Waals surface area contributed by atoms with Crippen LogP contribution in [0.25, 0.3) is 0 Å². The molecule has 6 heteroatoms. The lowest BCUT2D eigenvalue weighted by atomic mass is 10.0. The summed E-state index contributed by atoms with van der Waals surface area (Å²) in [7, 11) is 1.93. The fourth-order valence-corrected chi connectivity index (χ4v) is 3.60. The molecule has 1 aliphatic rings. The number of hydrogen-bond donors (Lipinski definition) is 1. The van der Waals surface area contributed by atoms with Gasteiger partial charge in [-0.25, -0.2) is 0 Å². The van der Waals surface area contributed by atoms with Crippen molar-refractivity contribution in [3.63, 3.8) is 0 Å². The number of hydrogen-bond acceptors (Lipinski definition) is 3. The highest BCUT2D eigenvalue weighted by atomic mass is 35.5. The Hall–Kier alpha value is -1.59. The van der Waals surface area contributed by atoms with Gasteiger partial charge in [-0.2, -0.15) is 0 Å². The van der Waals surface area contributed by atoms with Gasteiger partial charge in [0.25, 0.3) is 0 Å². The maximum Gasteiger partial charge on any atom is 0.227 e. The van der Waals surface area contributed by atoms with E-state index in [1.54, 1.807) is 0 Å². The average molecular weight is 424 g/mol. The van der Waals surface area contributed by atoms with Crippen molar-refractivity contribution in [2.24, 2.45) is 5.73 Å². The monoisotopic (exact) mass is 423 g/mol. The third kappa shape index (κ3) is 6.49. The smallest absolute Gasteiger partial charge is 0.227 e. The SMILES string of the molecule is CN(C(=O)Cc1ccc(CN)cc1)C(CN1CCCC1)c1ccccc1.Cl.Cl. The number of halogens is 2. The largest absolute Gasteiger partial charge is 0.337 e. The van der Waals surface area contributed by atoms with Gasteiger partial charge in [0.1, 0.15) is 0 Å². The molecule has 2 aromatic rings. The minimum atomic E-state index is 0. The van der Waals surface area contributed by atoms with Crippen LogP contribution in [0.1, 0.15) is 35.6 Å². The van der Waals surface area contributed by atoms with Gasteiger partial charge < -0.3 is 15.5 Å². The summed E-state index contributed by atoms with van der Waals surface area (Å²) in [4.78, 5) is 17.3. The van der Waals surface area contributed by atoms with Crippen molar-refractivity contribution in [3.8, 4) is 0 Å². The molecule has 0 spiro atoms. The Kier molecular flexibility index (Phi) is 10.5. The minimum absolute atomic E-state index is 0. The molecule has 1 aliphatic heterocycles. The van der Waals surface area contributed by atoms with Gasteiger partial charge in [-0.05, 0) is 42.6 Å². The van der Waals surface area contributed by atoms with Gasteiger partial charge in [-0.1, -0.05) is 54.6 Å². The average Bonchev–Trinajstić information content (AvgIpc) is 3.20. The molecule has 0 aromatic heterocycles. The van der Waals surface area contributed by atoms with Gasteiger partial charge in [-0.3, -0.25) is 4.79 Å². The van der Waals surface area contributed by atoms with E-state index in [4.69, 9.17) is 5.73 Å². The van der Waals surface area contributed by atoms with Crippen LogP contribution in [0.5, 0.6) is 0 Å². The molecule has 0 bridgehead atoms. The summed E-state index contributed by atoms with van der Waals surface area (Å²) in [6.07, 6.45) is 2.93. The minimum Gasteiger partial charge on any atom is -0.337 e. The molecular formula is C22H31Cl2N3O. The van der Waals surface area contributed by atoms with Gasteiger partial charge >= 0.3 is 0 Å². The lowest BCUT2D eigenvalue weighted by Crippen LogP contribution is -2.39. The van der Waals surface area contributed by atoms with Crippen molar-refractivity contribution in [1.29, 1.82) is 0 Å². The van der Waals surface area contributed by atoms with Crippen molar-refractivity contribution < 1.29 is 4.79 Å². The Balaban J connectivity index is 0.00000196. The van der Waals surface area contributed by atoms with Gasteiger partial charge in [-0.15, -0.1) is 24.8 Å². The summed E-state index contributed by atoms with van der Waals surface area (Å²) in [5.74, 6) is 0.151. The molecule has 28 heavy (non-hydrogen) atoms. The van der Waals surface area contributed by atoms with E-state index < -0.39 is 0 Å². The summed E-state index contributed by atoms with van der Waals surface area (Å²) in [6, 6.07) is 18.5. The molecule has 0 radical (unpaired) electrons. The lowest BCUT2D eigenvalue weighted by molar-refractivity contribution is -0.131. The van der Waals surface area contributed by atoms with Crippen LogP contribution in [-0.2, 0) is 17.8 Å². The van der Waals surface area contributed by atoms with Crippen molar-refractivity contribution in [3.05, 3.63) is 71.3 Å². The zero-order valence-corrected chi connectivity index (χ0v) is 18.1. The van der Waals surface area contributed by atoms with Crippen LogP contribution in [0.3, 0.4) is 0 Å². The van der Waals surface area contributed by atoms with Crippen molar-refractivity contribution >= 4 is 30.7 Å². The lowest BCUT2D eigenvalue weighted by Gasteiger charge is -2.32. The van der Waals surface area contributed by atoms with Crippen LogP contribution in [0.15, 0.2) is 54.6 Å². The second kappa shape index (κ2) is 12.1. The summed E-state index contributed by atoms with van der Waals surface area (Å²) >= 11 is 0. The number of carbonyl (C=O) groups excluding carboxylic acids is 1. The van der Waals surface area contributed by atoms with Crippen molar-refractivity contribution in [2.45, 2.75) is 31.8 Å². The van der Waals surface area contributed by atoms with E-state index in [0.29, 0.717) is 13.0 Å². The van der Waals surface area contributed by atoms with E-state index in [-0.39, 0.29) is 36.8 Å². The molecule has 1 unspecified atom stereocenters. The third-order valence-corrected chi connectivity index (χ3v) is 5.29.